The highest BCUT2D eigenvalue weighted by atomic mass is 16.5. The molecule has 3 nitrogen and oxygen atoms in total. The molecule has 0 radical (unpaired) electrons. The Morgan fingerprint density at radius 3 is 2.50 bits per heavy atom. The fourth-order valence-corrected chi connectivity index (χ4v) is 1.90. The molecule has 0 aromatic heterocycles. The van der Waals surface area contributed by atoms with Crippen LogP contribution in [0.4, 0.5) is 5.69 Å². The van der Waals surface area contributed by atoms with Gasteiger partial charge in [0.1, 0.15) is 5.75 Å². The van der Waals surface area contributed by atoms with Crippen molar-refractivity contribution in [3.05, 3.63) is 24.3 Å². The molecule has 0 atom stereocenters. The van der Waals surface area contributed by atoms with Crippen molar-refractivity contribution in [3.63, 3.8) is 0 Å². The van der Waals surface area contributed by atoms with Crippen LogP contribution in [-0.2, 0) is 0 Å². The lowest BCUT2D eigenvalue weighted by Gasteiger charge is -2.29. The zero-order chi connectivity index (χ0) is 11.2. The predicted octanol–water partition coefficient (Wildman–Crippen LogP) is 1.89. The van der Waals surface area contributed by atoms with Gasteiger partial charge in [-0.2, -0.15) is 0 Å². The summed E-state index contributed by atoms with van der Waals surface area (Å²) in [5, 5.41) is 3.36. The summed E-state index contributed by atoms with van der Waals surface area (Å²) in [5.41, 5.74) is 1.30. The summed E-state index contributed by atoms with van der Waals surface area (Å²) in [6.07, 6.45) is 1.06. The highest BCUT2D eigenvalue weighted by molar-refractivity contribution is 5.49. The highest BCUT2D eigenvalue weighted by Gasteiger charge is 2.09. The minimum absolute atomic E-state index is 0.799. The van der Waals surface area contributed by atoms with Crippen LogP contribution in [-0.4, -0.2) is 32.8 Å². The molecular formula is C13H20N2O. The largest absolute Gasteiger partial charge is 0.494 e. The third-order valence-corrected chi connectivity index (χ3v) is 2.79. The molecule has 2 rings (SSSR count). The number of nitrogens with one attached hydrogen (secondary N) is 1. The summed E-state index contributed by atoms with van der Waals surface area (Å²) in [6, 6.07) is 8.42. The van der Waals surface area contributed by atoms with E-state index in [4.69, 9.17) is 4.74 Å². The van der Waals surface area contributed by atoms with Gasteiger partial charge in [-0.15, -0.1) is 0 Å². The summed E-state index contributed by atoms with van der Waals surface area (Å²) in [7, 11) is 0. The van der Waals surface area contributed by atoms with E-state index in [1.807, 2.05) is 0 Å². The van der Waals surface area contributed by atoms with E-state index in [-0.39, 0.29) is 0 Å². The Morgan fingerprint density at radius 2 is 1.88 bits per heavy atom. The monoisotopic (exact) mass is 220 g/mol. The van der Waals surface area contributed by atoms with Crippen molar-refractivity contribution in [2.24, 2.45) is 0 Å². The first-order valence-electron chi connectivity index (χ1n) is 6.08. The first kappa shape index (κ1) is 11.3. The maximum atomic E-state index is 5.57. The van der Waals surface area contributed by atoms with Gasteiger partial charge in [-0.05, 0) is 30.7 Å². The van der Waals surface area contributed by atoms with Gasteiger partial charge in [0.25, 0.3) is 0 Å². The van der Waals surface area contributed by atoms with Crippen LogP contribution in [0.25, 0.3) is 0 Å². The van der Waals surface area contributed by atoms with Crippen LogP contribution in [0.1, 0.15) is 13.3 Å². The number of piperazine rings is 1. The molecule has 1 N–H and O–H groups in total. The number of hydrogen-bond acceptors (Lipinski definition) is 3. The number of rotatable bonds is 4. The third-order valence-electron chi connectivity index (χ3n) is 2.79. The molecule has 0 bridgehead atoms. The number of ether oxygens (including phenoxy) is 1. The minimum atomic E-state index is 0.799. The predicted molar refractivity (Wildman–Crippen MR) is 67.3 cm³/mol. The van der Waals surface area contributed by atoms with Crippen molar-refractivity contribution in [2.75, 3.05) is 37.7 Å². The fourth-order valence-electron chi connectivity index (χ4n) is 1.90. The van der Waals surface area contributed by atoms with Gasteiger partial charge in [0.05, 0.1) is 6.61 Å². The van der Waals surface area contributed by atoms with E-state index in [0.29, 0.717) is 0 Å². The van der Waals surface area contributed by atoms with Gasteiger partial charge < -0.3 is 15.0 Å². The second-order valence-electron chi connectivity index (χ2n) is 4.08. The molecule has 0 amide bonds. The number of nitrogens with zero attached hydrogens (tertiary/aromatic N) is 1. The molecule has 1 saturated heterocycles. The van der Waals surface area contributed by atoms with Crippen LogP contribution in [0.15, 0.2) is 24.3 Å². The highest BCUT2D eigenvalue weighted by Crippen LogP contribution is 2.19. The summed E-state index contributed by atoms with van der Waals surface area (Å²) < 4.78 is 5.57. The number of hydrogen-bond donors (Lipinski definition) is 1. The van der Waals surface area contributed by atoms with Crippen LogP contribution >= 0.6 is 0 Å². The van der Waals surface area contributed by atoms with Crippen molar-refractivity contribution in [1.82, 2.24) is 5.32 Å². The lowest BCUT2D eigenvalue weighted by molar-refractivity contribution is 0.317. The Morgan fingerprint density at radius 1 is 1.19 bits per heavy atom. The van der Waals surface area contributed by atoms with Gasteiger partial charge in [-0.25, -0.2) is 0 Å². The van der Waals surface area contributed by atoms with Crippen LogP contribution in [0.5, 0.6) is 5.75 Å². The lowest BCUT2D eigenvalue weighted by Crippen LogP contribution is -2.43. The molecule has 16 heavy (non-hydrogen) atoms. The van der Waals surface area contributed by atoms with Gasteiger partial charge in [0, 0.05) is 31.9 Å². The summed E-state index contributed by atoms with van der Waals surface area (Å²) in [6.45, 7) is 7.26. The Labute approximate surface area is 97.4 Å². The quantitative estimate of drug-likeness (QED) is 0.838. The Bertz CT molecular complexity index is 304. The first-order chi connectivity index (χ1) is 7.90. The molecule has 1 aromatic carbocycles. The zero-order valence-corrected chi connectivity index (χ0v) is 9.91. The maximum absolute atomic E-state index is 5.57. The topological polar surface area (TPSA) is 24.5 Å². The molecule has 1 heterocycles. The molecule has 0 saturated carbocycles. The molecule has 1 aromatic rings. The van der Waals surface area contributed by atoms with E-state index in [2.05, 4.69) is 41.4 Å². The Hall–Kier alpha value is -1.22. The second kappa shape index (κ2) is 5.75. The summed E-state index contributed by atoms with van der Waals surface area (Å²) >= 11 is 0. The van der Waals surface area contributed by atoms with Gasteiger partial charge >= 0.3 is 0 Å². The van der Waals surface area contributed by atoms with E-state index < -0.39 is 0 Å². The van der Waals surface area contributed by atoms with Crippen LogP contribution in [0.2, 0.25) is 0 Å². The molecule has 1 aliphatic heterocycles. The zero-order valence-electron chi connectivity index (χ0n) is 9.91. The van der Waals surface area contributed by atoms with Crippen molar-refractivity contribution >= 4 is 5.69 Å². The van der Waals surface area contributed by atoms with Crippen molar-refractivity contribution in [2.45, 2.75) is 13.3 Å². The lowest BCUT2D eigenvalue weighted by atomic mass is 10.2. The Kier molecular flexibility index (Phi) is 4.05. The van der Waals surface area contributed by atoms with Gasteiger partial charge in [0.15, 0.2) is 0 Å². The molecule has 0 aliphatic carbocycles. The van der Waals surface area contributed by atoms with E-state index >= 15 is 0 Å². The van der Waals surface area contributed by atoms with Gasteiger partial charge in [-0.3, -0.25) is 0 Å². The third kappa shape index (κ3) is 2.89. The van der Waals surface area contributed by atoms with Crippen molar-refractivity contribution in [1.29, 1.82) is 0 Å². The maximum Gasteiger partial charge on any atom is 0.119 e. The molecular weight excluding hydrogens is 200 g/mol. The smallest absolute Gasteiger partial charge is 0.119 e. The van der Waals surface area contributed by atoms with E-state index in [9.17, 15) is 0 Å². The molecule has 0 unspecified atom stereocenters. The number of benzene rings is 1. The van der Waals surface area contributed by atoms with Crippen LogP contribution in [0, 0.1) is 0 Å². The van der Waals surface area contributed by atoms with E-state index in [1.54, 1.807) is 0 Å². The normalized spacial score (nSPS) is 16.2. The van der Waals surface area contributed by atoms with E-state index in [1.165, 1.54) is 5.69 Å². The minimum Gasteiger partial charge on any atom is -0.494 e. The van der Waals surface area contributed by atoms with Crippen molar-refractivity contribution in [3.8, 4) is 5.75 Å². The number of anilines is 1. The SMILES string of the molecule is CCCOc1ccc(N2CCNCC2)cc1. The molecule has 1 aliphatic rings. The second-order valence-corrected chi connectivity index (χ2v) is 4.08. The summed E-state index contributed by atoms with van der Waals surface area (Å²) in [5.74, 6) is 0.973. The van der Waals surface area contributed by atoms with Gasteiger partial charge in [0.2, 0.25) is 0 Å². The Balaban J connectivity index is 1.95. The fraction of sp³-hybridized carbons (Fsp3) is 0.538. The van der Waals surface area contributed by atoms with Crippen LogP contribution < -0.4 is 15.0 Å². The molecule has 0 spiro atoms. The molecule has 88 valence electrons. The summed E-state index contributed by atoms with van der Waals surface area (Å²) in [4.78, 5) is 2.40. The van der Waals surface area contributed by atoms with Crippen molar-refractivity contribution < 1.29 is 4.74 Å². The van der Waals surface area contributed by atoms with Gasteiger partial charge in [-0.1, -0.05) is 6.92 Å². The molecule has 1 fully saturated rings. The average molecular weight is 220 g/mol. The first-order valence-corrected chi connectivity index (χ1v) is 6.08. The van der Waals surface area contributed by atoms with E-state index in [0.717, 1.165) is 45.0 Å². The standard InChI is InChI=1S/C13H20N2O/c1-2-11-16-13-5-3-12(4-6-13)15-9-7-14-8-10-15/h3-6,14H,2,7-11H2,1H3. The average Bonchev–Trinajstić information content (AvgIpc) is 2.38. The van der Waals surface area contributed by atoms with Crippen LogP contribution in [0.3, 0.4) is 0 Å². The molecule has 3 heteroatoms.